The quantitative estimate of drug-likeness (QED) is 0.628. The normalized spacial score (nSPS) is 27.8. The van der Waals surface area contributed by atoms with Crippen LogP contribution in [0.15, 0.2) is 12.1 Å². The molecule has 114 valence electrons. The summed E-state index contributed by atoms with van der Waals surface area (Å²) < 4.78 is 30.1. The molecule has 1 aromatic rings. The molecular weight excluding hydrogens is 312 g/mol. The minimum Gasteiger partial charge on any atom is -0.381 e. The van der Waals surface area contributed by atoms with Gasteiger partial charge in [0.1, 0.15) is 5.25 Å². The van der Waals surface area contributed by atoms with E-state index < -0.39 is 15.4 Å². The van der Waals surface area contributed by atoms with Crippen molar-refractivity contribution in [3.63, 3.8) is 0 Å². The van der Waals surface area contributed by atoms with Crippen LogP contribution in [0, 0.1) is 18.8 Å². The van der Waals surface area contributed by atoms with Crippen molar-refractivity contribution in [3.8, 4) is 5.75 Å². The number of benzene rings is 1. The summed E-state index contributed by atoms with van der Waals surface area (Å²) in [6, 6.07) is 2.95. The molecule has 2 fully saturated rings. The zero-order chi connectivity index (χ0) is 15.2. The van der Waals surface area contributed by atoms with E-state index in [4.69, 9.17) is 15.8 Å². The topological polar surface area (TPSA) is 60.4 Å². The minimum atomic E-state index is -3.69. The lowest BCUT2D eigenvalue weighted by Gasteiger charge is -2.10. The average molecular weight is 329 g/mol. The van der Waals surface area contributed by atoms with E-state index in [0.717, 1.165) is 25.7 Å². The van der Waals surface area contributed by atoms with Crippen LogP contribution in [0.5, 0.6) is 5.75 Å². The predicted octanol–water partition coefficient (Wildman–Crippen LogP) is 3.36. The van der Waals surface area contributed by atoms with Gasteiger partial charge in [0.2, 0.25) is 0 Å². The van der Waals surface area contributed by atoms with Crippen LogP contribution in [0.4, 0.5) is 0 Å². The van der Waals surface area contributed by atoms with E-state index in [1.807, 2.05) is 0 Å². The lowest BCUT2D eigenvalue weighted by molar-refractivity contribution is 0.112. The molecule has 0 N–H and O–H groups in total. The van der Waals surface area contributed by atoms with Crippen molar-refractivity contribution in [2.24, 2.45) is 11.8 Å². The lowest BCUT2D eigenvalue weighted by Crippen LogP contribution is -2.18. The summed E-state index contributed by atoms with van der Waals surface area (Å²) in [5.41, 5.74) is 0.846. The van der Waals surface area contributed by atoms with Crippen LogP contribution < -0.4 is 4.18 Å². The number of aryl methyl sites for hydroxylation is 1. The van der Waals surface area contributed by atoms with Crippen LogP contribution in [0.3, 0.4) is 0 Å². The van der Waals surface area contributed by atoms with Gasteiger partial charge in [-0.15, -0.1) is 0 Å². The van der Waals surface area contributed by atoms with E-state index in [1.54, 1.807) is 6.92 Å². The molecule has 1 aromatic carbocycles. The van der Waals surface area contributed by atoms with Crippen molar-refractivity contribution in [1.82, 2.24) is 0 Å². The molecular formula is C15H17ClO4S. The van der Waals surface area contributed by atoms with Gasteiger partial charge in [0, 0.05) is 5.02 Å². The second-order valence-electron chi connectivity index (χ2n) is 5.91. The Kier molecular flexibility index (Phi) is 3.74. The third-order valence-electron chi connectivity index (χ3n) is 4.54. The van der Waals surface area contributed by atoms with E-state index in [2.05, 4.69) is 0 Å². The number of fused-ring (bicyclic) bond motifs is 1. The number of rotatable bonds is 4. The molecule has 21 heavy (non-hydrogen) atoms. The fraction of sp³-hybridized carbons (Fsp3) is 0.533. The molecule has 0 saturated heterocycles. The Labute approximate surface area is 129 Å². The first kappa shape index (κ1) is 14.9. The first-order valence-corrected chi connectivity index (χ1v) is 8.97. The summed E-state index contributed by atoms with van der Waals surface area (Å²) in [7, 11) is -3.69. The molecule has 6 heteroatoms. The van der Waals surface area contributed by atoms with Gasteiger partial charge in [0.25, 0.3) is 0 Å². The molecule has 0 bridgehead atoms. The van der Waals surface area contributed by atoms with Crippen molar-refractivity contribution in [2.75, 3.05) is 0 Å². The van der Waals surface area contributed by atoms with E-state index in [1.165, 1.54) is 12.1 Å². The molecule has 0 aromatic heterocycles. The minimum absolute atomic E-state index is 0.0792. The van der Waals surface area contributed by atoms with Crippen LogP contribution in [-0.2, 0) is 10.1 Å². The second-order valence-corrected chi connectivity index (χ2v) is 8.01. The molecule has 0 heterocycles. The molecule has 4 nitrogen and oxygen atoms in total. The van der Waals surface area contributed by atoms with E-state index in [-0.39, 0.29) is 23.1 Å². The highest BCUT2D eigenvalue weighted by molar-refractivity contribution is 7.88. The molecule has 0 amide bonds. The highest BCUT2D eigenvalue weighted by Gasteiger charge is 2.59. The van der Waals surface area contributed by atoms with Gasteiger partial charge in [0.15, 0.2) is 12.0 Å². The van der Waals surface area contributed by atoms with Crippen LogP contribution in [0.1, 0.15) is 41.6 Å². The maximum atomic E-state index is 12.4. The summed E-state index contributed by atoms with van der Waals surface area (Å²) in [4.78, 5) is 11.1. The maximum absolute atomic E-state index is 12.4. The van der Waals surface area contributed by atoms with Gasteiger partial charge >= 0.3 is 10.1 Å². The molecule has 0 aliphatic heterocycles. The van der Waals surface area contributed by atoms with Gasteiger partial charge < -0.3 is 4.18 Å². The van der Waals surface area contributed by atoms with Gasteiger partial charge in [0.05, 0.1) is 5.56 Å². The summed E-state index contributed by atoms with van der Waals surface area (Å²) in [5.74, 6) is 0.546. The number of carbonyl (C=O) groups is 1. The maximum Gasteiger partial charge on any atom is 0.312 e. The summed E-state index contributed by atoms with van der Waals surface area (Å²) in [6.45, 7) is 1.74. The highest BCUT2D eigenvalue weighted by atomic mass is 35.5. The molecule has 2 aliphatic rings. The van der Waals surface area contributed by atoms with E-state index >= 15 is 0 Å². The highest BCUT2D eigenvalue weighted by Crippen LogP contribution is 2.54. The molecule has 0 radical (unpaired) electrons. The Morgan fingerprint density at radius 2 is 1.86 bits per heavy atom. The Bertz CT molecular complexity index is 671. The monoisotopic (exact) mass is 328 g/mol. The van der Waals surface area contributed by atoms with Gasteiger partial charge in [-0.05, 0) is 49.3 Å². The van der Waals surface area contributed by atoms with Gasteiger partial charge in [-0.2, -0.15) is 8.42 Å². The largest absolute Gasteiger partial charge is 0.381 e. The fourth-order valence-electron chi connectivity index (χ4n) is 3.37. The number of hydrogen-bond acceptors (Lipinski definition) is 4. The number of carbonyl (C=O) groups excluding carboxylic acids is 1. The molecule has 3 rings (SSSR count). The number of halogens is 1. The van der Waals surface area contributed by atoms with Gasteiger partial charge in [-0.3, -0.25) is 4.79 Å². The summed E-state index contributed by atoms with van der Waals surface area (Å²) in [6.07, 6.45) is 4.66. The smallest absolute Gasteiger partial charge is 0.312 e. The third-order valence-corrected chi connectivity index (χ3v) is 6.72. The fourth-order valence-corrected chi connectivity index (χ4v) is 5.49. The predicted molar refractivity (Wildman–Crippen MR) is 80.4 cm³/mol. The average Bonchev–Trinajstić information content (AvgIpc) is 3.17. The van der Waals surface area contributed by atoms with Crippen LogP contribution in [-0.4, -0.2) is 20.0 Å². The zero-order valence-corrected chi connectivity index (χ0v) is 13.3. The standard InChI is InChI=1S/C15H17ClO4S/c1-9-6-14(10(8-17)7-13(9)16)20-21(18,19)15-11-4-2-3-5-12(11)15/h6-8,11-12,15H,2-5H2,1H3. The van der Waals surface area contributed by atoms with E-state index in [0.29, 0.717) is 16.9 Å². The van der Waals surface area contributed by atoms with Gasteiger partial charge in [-0.25, -0.2) is 0 Å². The van der Waals surface area contributed by atoms with Crippen LogP contribution in [0.2, 0.25) is 5.02 Å². The Morgan fingerprint density at radius 3 is 2.43 bits per heavy atom. The number of aldehydes is 1. The molecule has 2 saturated carbocycles. The summed E-state index contributed by atoms with van der Waals surface area (Å²) in [5, 5.41) is 0.0115. The Hall–Kier alpha value is -1.07. The lowest BCUT2D eigenvalue weighted by atomic mass is 10.0. The Balaban J connectivity index is 1.86. The van der Waals surface area contributed by atoms with Crippen LogP contribution in [0.25, 0.3) is 0 Å². The van der Waals surface area contributed by atoms with Crippen molar-refractivity contribution in [1.29, 1.82) is 0 Å². The van der Waals surface area contributed by atoms with Crippen molar-refractivity contribution in [3.05, 3.63) is 28.3 Å². The first-order chi connectivity index (χ1) is 9.94. The molecule has 2 aliphatic carbocycles. The van der Waals surface area contributed by atoms with E-state index in [9.17, 15) is 13.2 Å². The van der Waals surface area contributed by atoms with Crippen LogP contribution >= 0.6 is 11.6 Å². The summed E-state index contributed by atoms with van der Waals surface area (Å²) >= 11 is 5.95. The third kappa shape index (κ3) is 2.69. The van der Waals surface area contributed by atoms with Crippen molar-refractivity contribution in [2.45, 2.75) is 37.9 Å². The zero-order valence-electron chi connectivity index (χ0n) is 11.7. The molecule has 2 atom stereocenters. The number of hydrogen-bond donors (Lipinski definition) is 0. The SMILES string of the molecule is Cc1cc(OS(=O)(=O)C2C3CCCCC32)c(C=O)cc1Cl. The van der Waals surface area contributed by atoms with Gasteiger partial charge in [-0.1, -0.05) is 24.4 Å². The van der Waals surface area contributed by atoms with Crippen molar-refractivity contribution < 1.29 is 17.4 Å². The Morgan fingerprint density at radius 1 is 1.24 bits per heavy atom. The second kappa shape index (κ2) is 5.29. The first-order valence-electron chi connectivity index (χ1n) is 7.12. The molecule has 2 unspecified atom stereocenters. The van der Waals surface area contributed by atoms with Crippen molar-refractivity contribution >= 4 is 28.0 Å². The molecule has 0 spiro atoms.